The van der Waals surface area contributed by atoms with E-state index in [4.69, 9.17) is 5.73 Å². The van der Waals surface area contributed by atoms with Crippen molar-refractivity contribution in [3.8, 4) is 0 Å². The van der Waals surface area contributed by atoms with Gasteiger partial charge in [0.1, 0.15) is 0 Å². The Hall–Kier alpha value is -1.88. The third-order valence-electron chi connectivity index (χ3n) is 4.18. The van der Waals surface area contributed by atoms with E-state index in [-0.39, 0.29) is 11.9 Å². The van der Waals surface area contributed by atoms with Gasteiger partial charge in [0.25, 0.3) is 5.91 Å². The minimum atomic E-state index is 0.0730. The van der Waals surface area contributed by atoms with Crippen molar-refractivity contribution in [3.63, 3.8) is 0 Å². The topological polar surface area (TPSA) is 75.0 Å². The van der Waals surface area contributed by atoms with Crippen molar-refractivity contribution in [2.75, 3.05) is 13.1 Å². The summed E-state index contributed by atoms with van der Waals surface area (Å²) in [6.45, 7) is 3.55. The second-order valence-electron chi connectivity index (χ2n) is 5.65. The zero-order valence-electron chi connectivity index (χ0n) is 11.7. The number of nitrogens with one attached hydrogen (secondary N) is 1. The molecule has 0 saturated carbocycles. The number of fused-ring (bicyclic) bond motifs is 1. The Morgan fingerprint density at radius 1 is 1.55 bits per heavy atom. The van der Waals surface area contributed by atoms with Gasteiger partial charge in [-0.1, -0.05) is 6.92 Å². The van der Waals surface area contributed by atoms with Crippen LogP contribution in [0.15, 0.2) is 24.5 Å². The number of hydrogen-bond acceptors (Lipinski definition) is 3. The molecule has 2 atom stereocenters. The predicted molar refractivity (Wildman–Crippen MR) is 78.4 cm³/mol. The number of amides is 1. The summed E-state index contributed by atoms with van der Waals surface area (Å²) in [6, 6.07) is 5.75. The quantitative estimate of drug-likeness (QED) is 0.874. The highest BCUT2D eigenvalue weighted by molar-refractivity contribution is 5.97. The van der Waals surface area contributed by atoms with E-state index in [0.717, 1.165) is 30.4 Å². The second kappa shape index (κ2) is 5.25. The SMILES string of the molecule is CC1CCN(C(=O)c2ccc3nc[nH]c3c2)C(CN)C1. The van der Waals surface area contributed by atoms with Crippen molar-refractivity contribution in [2.24, 2.45) is 11.7 Å². The molecule has 1 saturated heterocycles. The van der Waals surface area contributed by atoms with E-state index in [0.29, 0.717) is 18.0 Å². The molecule has 1 fully saturated rings. The monoisotopic (exact) mass is 272 g/mol. The highest BCUT2D eigenvalue weighted by Crippen LogP contribution is 2.24. The number of nitrogens with zero attached hydrogens (tertiary/aromatic N) is 2. The Balaban J connectivity index is 1.86. The Morgan fingerprint density at radius 3 is 3.20 bits per heavy atom. The predicted octanol–water partition coefficient (Wildman–Crippen LogP) is 1.76. The first-order chi connectivity index (χ1) is 9.69. The summed E-state index contributed by atoms with van der Waals surface area (Å²) in [5.74, 6) is 0.714. The van der Waals surface area contributed by atoms with Gasteiger partial charge in [-0.2, -0.15) is 0 Å². The molecule has 106 valence electrons. The summed E-state index contributed by atoms with van der Waals surface area (Å²) in [5, 5.41) is 0. The van der Waals surface area contributed by atoms with Crippen LogP contribution in [0.4, 0.5) is 0 Å². The van der Waals surface area contributed by atoms with E-state index in [1.54, 1.807) is 6.33 Å². The summed E-state index contributed by atoms with van der Waals surface area (Å²) >= 11 is 0. The number of aromatic nitrogens is 2. The molecule has 2 aromatic rings. The maximum absolute atomic E-state index is 12.7. The maximum Gasteiger partial charge on any atom is 0.254 e. The number of aromatic amines is 1. The zero-order chi connectivity index (χ0) is 14.1. The summed E-state index contributed by atoms with van der Waals surface area (Å²) < 4.78 is 0. The first-order valence-electron chi connectivity index (χ1n) is 7.13. The van der Waals surface area contributed by atoms with Crippen molar-refractivity contribution in [1.29, 1.82) is 0 Å². The number of piperidine rings is 1. The Morgan fingerprint density at radius 2 is 2.40 bits per heavy atom. The van der Waals surface area contributed by atoms with Crippen LogP contribution in [0.3, 0.4) is 0 Å². The second-order valence-corrected chi connectivity index (χ2v) is 5.65. The van der Waals surface area contributed by atoms with Gasteiger partial charge in [0, 0.05) is 24.7 Å². The lowest BCUT2D eigenvalue weighted by atomic mass is 9.92. The van der Waals surface area contributed by atoms with Crippen LogP contribution in [0.25, 0.3) is 11.0 Å². The average molecular weight is 272 g/mol. The summed E-state index contributed by atoms with van der Waals surface area (Å²) in [7, 11) is 0. The molecule has 1 aliphatic rings. The van der Waals surface area contributed by atoms with Crippen LogP contribution in [0.5, 0.6) is 0 Å². The molecular weight excluding hydrogens is 252 g/mol. The van der Waals surface area contributed by atoms with Crippen LogP contribution < -0.4 is 5.73 Å². The van der Waals surface area contributed by atoms with Crippen LogP contribution >= 0.6 is 0 Å². The fourth-order valence-corrected chi connectivity index (χ4v) is 2.98. The van der Waals surface area contributed by atoms with Gasteiger partial charge in [0.15, 0.2) is 0 Å². The van der Waals surface area contributed by atoms with E-state index < -0.39 is 0 Å². The number of carbonyl (C=O) groups excluding carboxylic acids is 1. The number of imidazole rings is 1. The largest absolute Gasteiger partial charge is 0.345 e. The van der Waals surface area contributed by atoms with Crippen LogP contribution in [0.2, 0.25) is 0 Å². The smallest absolute Gasteiger partial charge is 0.254 e. The number of hydrogen-bond donors (Lipinski definition) is 2. The molecule has 2 heterocycles. The van der Waals surface area contributed by atoms with Gasteiger partial charge >= 0.3 is 0 Å². The van der Waals surface area contributed by atoms with Gasteiger partial charge < -0.3 is 15.6 Å². The van der Waals surface area contributed by atoms with E-state index in [1.807, 2.05) is 23.1 Å². The highest BCUT2D eigenvalue weighted by atomic mass is 16.2. The normalized spacial score (nSPS) is 23.2. The van der Waals surface area contributed by atoms with Crippen molar-refractivity contribution < 1.29 is 4.79 Å². The number of likely N-dealkylation sites (tertiary alicyclic amines) is 1. The lowest BCUT2D eigenvalue weighted by Gasteiger charge is -2.38. The average Bonchev–Trinajstić information content (AvgIpc) is 2.93. The molecule has 0 radical (unpaired) electrons. The fraction of sp³-hybridized carbons (Fsp3) is 0.467. The summed E-state index contributed by atoms with van der Waals surface area (Å²) in [6.07, 6.45) is 3.69. The number of benzene rings is 1. The van der Waals surface area contributed by atoms with E-state index in [2.05, 4.69) is 16.9 Å². The Bertz CT molecular complexity index is 621. The van der Waals surface area contributed by atoms with Crippen molar-refractivity contribution >= 4 is 16.9 Å². The lowest BCUT2D eigenvalue weighted by molar-refractivity contribution is 0.0574. The van der Waals surface area contributed by atoms with Crippen LogP contribution in [-0.2, 0) is 0 Å². The Labute approximate surface area is 118 Å². The van der Waals surface area contributed by atoms with Gasteiger partial charge in [-0.05, 0) is 37.0 Å². The van der Waals surface area contributed by atoms with Crippen LogP contribution in [-0.4, -0.2) is 39.9 Å². The fourth-order valence-electron chi connectivity index (χ4n) is 2.98. The molecule has 5 nitrogen and oxygen atoms in total. The number of carbonyl (C=O) groups is 1. The van der Waals surface area contributed by atoms with Gasteiger partial charge in [-0.15, -0.1) is 0 Å². The van der Waals surface area contributed by atoms with Crippen molar-refractivity contribution in [1.82, 2.24) is 14.9 Å². The first kappa shape index (κ1) is 13.1. The first-order valence-corrected chi connectivity index (χ1v) is 7.13. The lowest BCUT2D eigenvalue weighted by Crippen LogP contribution is -2.49. The zero-order valence-corrected chi connectivity index (χ0v) is 11.7. The molecule has 1 amide bonds. The molecule has 3 rings (SSSR count). The number of H-pyrrole nitrogens is 1. The maximum atomic E-state index is 12.7. The minimum absolute atomic E-state index is 0.0730. The third-order valence-corrected chi connectivity index (χ3v) is 4.18. The van der Waals surface area contributed by atoms with Crippen LogP contribution in [0, 0.1) is 5.92 Å². The van der Waals surface area contributed by atoms with Crippen LogP contribution in [0.1, 0.15) is 30.1 Å². The third kappa shape index (κ3) is 2.29. The molecular formula is C15H20N4O. The van der Waals surface area contributed by atoms with E-state index in [1.165, 1.54) is 0 Å². The van der Waals surface area contributed by atoms with Crippen molar-refractivity contribution in [3.05, 3.63) is 30.1 Å². The summed E-state index contributed by atoms with van der Waals surface area (Å²) in [4.78, 5) is 21.8. The number of rotatable bonds is 2. The molecule has 3 N–H and O–H groups in total. The molecule has 1 aromatic carbocycles. The summed E-state index contributed by atoms with van der Waals surface area (Å²) in [5.41, 5.74) is 8.31. The number of nitrogens with two attached hydrogens (primary N) is 1. The van der Waals surface area contributed by atoms with Gasteiger partial charge in [0.05, 0.1) is 17.4 Å². The molecule has 0 bridgehead atoms. The van der Waals surface area contributed by atoms with Gasteiger partial charge in [-0.25, -0.2) is 4.98 Å². The standard InChI is InChI=1S/C15H20N4O/c1-10-4-5-19(12(6-10)8-16)15(20)11-2-3-13-14(7-11)18-9-17-13/h2-3,7,9-10,12H,4-6,8,16H2,1H3,(H,17,18). The molecule has 0 spiro atoms. The molecule has 2 unspecified atom stereocenters. The molecule has 20 heavy (non-hydrogen) atoms. The molecule has 0 aliphatic carbocycles. The van der Waals surface area contributed by atoms with E-state index in [9.17, 15) is 4.79 Å². The molecule has 1 aromatic heterocycles. The van der Waals surface area contributed by atoms with E-state index >= 15 is 0 Å². The molecule has 5 heteroatoms. The Kier molecular flexibility index (Phi) is 3.44. The van der Waals surface area contributed by atoms with Gasteiger partial charge in [0.2, 0.25) is 0 Å². The van der Waals surface area contributed by atoms with Crippen molar-refractivity contribution in [2.45, 2.75) is 25.8 Å². The highest BCUT2D eigenvalue weighted by Gasteiger charge is 2.29. The molecule has 1 aliphatic heterocycles. The minimum Gasteiger partial charge on any atom is -0.345 e. The van der Waals surface area contributed by atoms with Gasteiger partial charge in [-0.3, -0.25) is 4.79 Å².